The van der Waals surface area contributed by atoms with Crippen LogP contribution in [-0.4, -0.2) is 17.2 Å². The predicted molar refractivity (Wildman–Crippen MR) is 88.9 cm³/mol. The van der Waals surface area contributed by atoms with Gasteiger partial charge < -0.3 is 5.11 Å². The number of para-hydroxylation sites is 1. The third-order valence-corrected chi connectivity index (χ3v) is 3.10. The van der Waals surface area contributed by atoms with Crippen molar-refractivity contribution in [1.82, 2.24) is 5.43 Å². The number of carbonyl (C=O) groups excluding carboxylic acids is 1. The molecule has 5 nitrogen and oxygen atoms in total. The lowest BCUT2D eigenvalue weighted by molar-refractivity contribution is -0.117. The topological polar surface area (TPSA) is 85.5 Å². The highest BCUT2D eigenvalue weighted by Crippen LogP contribution is 2.18. The third-order valence-electron chi connectivity index (χ3n) is 2.85. The van der Waals surface area contributed by atoms with Gasteiger partial charge in [0.1, 0.15) is 17.4 Å². The first-order chi connectivity index (χ1) is 11.1. The molecule has 0 fully saturated rings. The summed E-state index contributed by atoms with van der Waals surface area (Å²) < 4.78 is 0. The fourth-order valence-corrected chi connectivity index (χ4v) is 1.81. The van der Waals surface area contributed by atoms with Crippen molar-refractivity contribution in [1.29, 1.82) is 5.26 Å². The van der Waals surface area contributed by atoms with Crippen molar-refractivity contribution in [3.05, 3.63) is 70.3 Å². The second-order valence-electron chi connectivity index (χ2n) is 4.48. The Morgan fingerprint density at radius 2 is 1.91 bits per heavy atom. The molecule has 2 aromatic carbocycles. The number of amides is 1. The van der Waals surface area contributed by atoms with Gasteiger partial charge in [0.15, 0.2) is 0 Å². The highest BCUT2D eigenvalue weighted by Gasteiger charge is 2.09. The molecule has 0 radical (unpaired) electrons. The van der Waals surface area contributed by atoms with Gasteiger partial charge in [-0.05, 0) is 29.8 Å². The lowest BCUT2D eigenvalue weighted by Gasteiger charge is -2.00. The molecule has 2 aromatic rings. The van der Waals surface area contributed by atoms with E-state index >= 15 is 0 Å². The number of phenolic OH excluding ortho intramolecular Hbond substituents is 1. The Balaban J connectivity index is 2.08. The van der Waals surface area contributed by atoms with Crippen LogP contribution >= 0.6 is 11.6 Å². The van der Waals surface area contributed by atoms with E-state index in [-0.39, 0.29) is 11.3 Å². The Bertz CT molecular complexity index is 805. The summed E-state index contributed by atoms with van der Waals surface area (Å²) in [5, 5.41) is 23.1. The number of aromatic hydroxyl groups is 1. The summed E-state index contributed by atoms with van der Waals surface area (Å²) in [6.07, 6.45) is 2.73. The SMILES string of the molecule is N#C/C(=C/c1ccccc1O)C(=O)NN=Cc1ccc(Cl)cc1. The van der Waals surface area contributed by atoms with Gasteiger partial charge in [0.25, 0.3) is 5.91 Å². The fraction of sp³-hybridized carbons (Fsp3) is 0. The molecule has 0 unspecified atom stereocenters. The smallest absolute Gasteiger partial charge is 0.282 e. The maximum absolute atomic E-state index is 11.9. The number of halogens is 1. The molecule has 0 saturated heterocycles. The van der Waals surface area contributed by atoms with E-state index in [4.69, 9.17) is 16.9 Å². The van der Waals surface area contributed by atoms with Gasteiger partial charge in [-0.25, -0.2) is 5.43 Å². The van der Waals surface area contributed by atoms with Crippen molar-refractivity contribution < 1.29 is 9.90 Å². The molecule has 6 heteroatoms. The van der Waals surface area contributed by atoms with Crippen molar-refractivity contribution in [3.63, 3.8) is 0 Å². The number of rotatable bonds is 4. The lowest BCUT2D eigenvalue weighted by atomic mass is 10.1. The van der Waals surface area contributed by atoms with Crippen molar-refractivity contribution in [3.8, 4) is 11.8 Å². The number of nitrogens with zero attached hydrogens (tertiary/aromatic N) is 2. The van der Waals surface area contributed by atoms with Gasteiger partial charge in [-0.2, -0.15) is 10.4 Å². The molecular formula is C17H12ClN3O2. The summed E-state index contributed by atoms with van der Waals surface area (Å²) in [4.78, 5) is 11.9. The Hall–Kier alpha value is -3.10. The molecule has 23 heavy (non-hydrogen) atoms. The summed E-state index contributed by atoms with van der Waals surface area (Å²) >= 11 is 5.77. The van der Waals surface area contributed by atoms with Crippen LogP contribution in [0.3, 0.4) is 0 Å². The third kappa shape index (κ3) is 4.70. The second kappa shape index (κ2) is 7.78. The van der Waals surface area contributed by atoms with Gasteiger partial charge in [0.05, 0.1) is 6.21 Å². The average Bonchev–Trinajstić information content (AvgIpc) is 2.56. The number of carbonyl (C=O) groups is 1. The molecule has 0 heterocycles. The summed E-state index contributed by atoms with van der Waals surface area (Å²) in [7, 11) is 0. The van der Waals surface area contributed by atoms with Crippen molar-refractivity contribution in [2.75, 3.05) is 0 Å². The zero-order valence-corrected chi connectivity index (χ0v) is 12.7. The van der Waals surface area contributed by atoms with Crippen molar-refractivity contribution >= 4 is 29.8 Å². The number of hydrogen-bond acceptors (Lipinski definition) is 4. The van der Waals surface area contributed by atoms with Gasteiger partial charge in [-0.3, -0.25) is 4.79 Å². The van der Waals surface area contributed by atoms with E-state index in [0.717, 1.165) is 5.56 Å². The molecule has 2 rings (SSSR count). The van der Waals surface area contributed by atoms with E-state index in [9.17, 15) is 9.90 Å². The molecule has 0 spiro atoms. The summed E-state index contributed by atoms with van der Waals surface area (Å²) in [6.45, 7) is 0. The molecule has 0 aliphatic heterocycles. The number of benzene rings is 2. The van der Waals surface area contributed by atoms with E-state index in [1.54, 1.807) is 48.5 Å². The van der Waals surface area contributed by atoms with Crippen LogP contribution in [0.4, 0.5) is 0 Å². The second-order valence-corrected chi connectivity index (χ2v) is 4.92. The largest absolute Gasteiger partial charge is 0.507 e. The summed E-state index contributed by atoms with van der Waals surface area (Å²) in [5.74, 6) is -0.682. The maximum atomic E-state index is 11.9. The molecule has 0 aliphatic carbocycles. The predicted octanol–water partition coefficient (Wildman–Crippen LogP) is 3.10. The number of nitriles is 1. The molecule has 2 N–H and O–H groups in total. The van der Waals surface area contributed by atoms with Gasteiger partial charge in [0.2, 0.25) is 0 Å². The van der Waals surface area contributed by atoms with Crippen LogP contribution in [0.1, 0.15) is 11.1 Å². The van der Waals surface area contributed by atoms with Gasteiger partial charge in [-0.1, -0.05) is 41.9 Å². The van der Waals surface area contributed by atoms with Crippen LogP contribution in [0.2, 0.25) is 5.02 Å². The van der Waals surface area contributed by atoms with Gasteiger partial charge in [0, 0.05) is 10.6 Å². The number of nitrogens with one attached hydrogen (secondary N) is 1. The van der Waals surface area contributed by atoms with E-state index in [1.807, 2.05) is 0 Å². The quantitative estimate of drug-likeness (QED) is 0.392. The standard InChI is InChI=1S/C17H12ClN3O2/c18-15-7-5-12(6-8-15)11-20-21-17(23)14(10-19)9-13-3-1-2-4-16(13)22/h1-9,11,22H,(H,21,23)/b14-9-,20-11?. The van der Waals surface area contributed by atoms with Crippen LogP contribution in [0.25, 0.3) is 6.08 Å². The molecule has 0 aliphatic rings. The van der Waals surface area contributed by atoms with Crippen molar-refractivity contribution in [2.45, 2.75) is 0 Å². The average molecular weight is 326 g/mol. The van der Waals surface area contributed by atoms with Crippen LogP contribution in [-0.2, 0) is 4.79 Å². The molecule has 0 bridgehead atoms. The zero-order valence-electron chi connectivity index (χ0n) is 11.9. The number of phenols is 1. The van der Waals surface area contributed by atoms with E-state index in [1.165, 1.54) is 18.4 Å². The van der Waals surface area contributed by atoms with Crippen LogP contribution in [0.15, 0.2) is 59.2 Å². The molecule has 1 amide bonds. The zero-order chi connectivity index (χ0) is 16.7. The Morgan fingerprint density at radius 3 is 2.57 bits per heavy atom. The highest BCUT2D eigenvalue weighted by atomic mass is 35.5. The van der Waals surface area contributed by atoms with Crippen molar-refractivity contribution in [2.24, 2.45) is 5.10 Å². The highest BCUT2D eigenvalue weighted by molar-refractivity contribution is 6.30. The Kier molecular flexibility index (Phi) is 5.50. The first kappa shape index (κ1) is 16.3. The monoisotopic (exact) mass is 325 g/mol. The molecule has 114 valence electrons. The Labute approximate surface area is 138 Å². The first-order valence-electron chi connectivity index (χ1n) is 6.59. The van der Waals surface area contributed by atoms with Gasteiger partial charge >= 0.3 is 0 Å². The van der Waals surface area contributed by atoms with Gasteiger partial charge in [-0.15, -0.1) is 0 Å². The summed E-state index contributed by atoms with van der Waals surface area (Å²) in [6, 6.07) is 15.1. The van der Waals surface area contributed by atoms with Crippen LogP contribution in [0, 0.1) is 11.3 Å². The molecule has 0 atom stereocenters. The normalized spacial score (nSPS) is 11.2. The molecular weight excluding hydrogens is 314 g/mol. The minimum atomic E-state index is -0.666. The van der Waals surface area contributed by atoms with E-state index in [2.05, 4.69) is 10.5 Å². The van der Waals surface area contributed by atoms with Crippen LogP contribution < -0.4 is 5.43 Å². The number of hydrazone groups is 1. The Morgan fingerprint density at radius 1 is 1.22 bits per heavy atom. The minimum absolute atomic E-state index is 0.0160. The summed E-state index contributed by atoms with van der Waals surface area (Å²) in [5.41, 5.74) is 3.22. The van der Waals surface area contributed by atoms with Crippen LogP contribution in [0.5, 0.6) is 5.75 Å². The van der Waals surface area contributed by atoms with E-state index in [0.29, 0.717) is 10.6 Å². The van der Waals surface area contributed by atoms with E-state index < -0.39 is 5.91 Å². The first-order valence-corrected chi connectivity index (χ1v) is 6.96. The minimum Gasteiger partial charge on any atom is -0.507 e. The fourth-order valence-electron chi connectivity index (χ4n) is 1.69. The lowest BCUT2D eigenvalue weighted by Crippen LogP contribution is -2.19. The number of hydrogen-bond donors (Lipinski definition) is 2. The molecule has 0 aromatic heterocycles. The maximum Gasteiger partial charge on any atom is 0.282 e. The molecule has 0 saturated carbocycles.